The van der Waals surface area contributed by atoms with Crippen LogP contribution in [-0.2, 0) is 13.6 Å². The van der Waals surface area contributed by atoms with Crippen LogP contribution in [0, 0.1) is 0 Å². The lowest BCUT2D eigenvalue weighted by Crippen LogP contribution is -2.47. The molecule has 2 aromatic rings. The summed E-state index contributed by atoms with van der Waals surface area (Å²) in [7, 11) is 1.66. The fourth-order valence-electron chi connectivity index (χ4n) is 2.19. The monoisotopic (exact) mass is 245 g/mol. The molecule has 0 aliphatic carbocycles. The summed E-state index contributed by atoms with van der Waals surface area (Å²) in [6.07, 6.45) is 5.54. The van der Waals surface area contributed by atoms with Gasteiger partial charge in [0.2, 0.25) is 0 Å². The van der Waals surface area contributed by atoms with Gasteiger partial charge < -0.3 is 0 Å². The van der Waals surface area contributed by atoms with Gasteiger partial charge in [-0.2, -0.15) is 10.2 Å². The second kappa shape index (κ2) is 4.38. The summed E-state index contributed by atoms with van der Waals surface area (Å²) in [4.78, 5) is 13.7. The third-order valence-electron chi connectivity index (χ3n) is 3.27. The first-order chi connectivity index (χ1) is 8.72. The molecule has 0 unspecified atom stereocenters. The molecule has 6 heteroatoms. The Morgan fingerprint density at radius 1 is 1.39 bits per heavy atom. The number of hydrogen-bond acceptors (Lipinski definition) is 4. The van der Waals surface area contributed by atoms with Crippen molar-refractivity contribution in [2.45, 2.75) is 12.6 Å². The number of aromatic nitrogens is 4. The molecule has 0 aromatic carbocycles. The maximum atomic E-state index is 11.4. The van der Waals surface area contributed by atoms with Crippen LogP contribution in [0.25, 0.3) is 0 Å². The fourth-order valence-corrected chi connectivity index (χ4v) is 2.19. The summed E-state index contributed by atoms with van der Waals surface area (Å²) in [5.41, 5.74) is 0.911. The highest BCUT2D eigenvalue weighted by Gasteiger charge is 2.28. The molecule has 0 bridgehead atoms. The topological polar surface area (TPSA) is 56.0 Å². The average molecular weight is 245 g/mol. The quantitative estimate of drug-likeness (QED) is 0.766. The van der Waals surface area contributed by atoms with Crippen LogP contribution in [0.2, 0.25) is 0 Å². The molecule has 0 amide bonds. The van der Waals surface area contributed by atoms with E-state index in [0.29, 0.717) is 6.04 Å². The molecular weight excluding hydrogens is 230 g/mol. The summed E-state index contributed by atoms with van der Waals surface area (Å²) in [6, 6.07) is 4.04. The van der Waals surface area contributed by atoms with Crippen molar-refractivity contribution < 1.29 is 0 Å². The average Bonchev–Trinajstić information content (AvgIpc) is 2.81. The van der Waals surface area contributed by atoms with E-state index < -0.39 is 0 Å². The molecule has 1 fully saturated rings. The lowest BCUT2D eigenvalue weighted by molar-refractivity contribution is 0.0906. The SMILES string of the molecule is Cn1ncc(CN2CC(n3cccn3)C2)cc1=O. The predicted molar refractivity (Wildman–Crippen MR) is 66.0 cm³/mol. The van der Waals surface area contributed by atoms with E-state index in [-0.39, 0.29) is 5.56 Å². The molecule has 3 rings (SSSR count). The van der Waals surface area contributed by atoms with Crippen molar-refractivity contribution in [1.29, 1.82) is 0 Å². The zero-order valence-electron chi connectivity index (χ0n) is 10.2. The molecule has 18 heavy (non-hydrogen) atoms. The van der Waals surface area contributed by atoms with E-state index in [1.807, 2.05) is 16.9 Å². The molecule has 94 valence electrons. The van der Waals surface area contributed by atoms with Gasteiger partial charge in [-0.1, -0.05) is 0 Å². The number of nitrogens with zero attached hydrogens (tertiary/aromatic N) is 5. The minimum Gasteiger partial charge on any atom is -0.295 e. The number of aryl methyl sites for hydroxylation is 1. The van der Waals surface area contributed by atoms with Crippen molar-refractivity contribution in [2.75, 3.05) is 13.1 Å². The standard InChI is InChI=1S/C12H15N5O/c1-15-12(18)5-10(6-14-15)7-16-8-11(9-16)17-4-2-3-13-17/h2-6,11H,7-9H2,1H3. The van der Waals surface area contributed by atoms with Crippen molar-refractivity contribution in [3.05, 3.63) is 46.6 Å². The maximum Gasteiger partial charge on any atom is 0.266 e. The first-order valence-electron chi connectivity index (χ1n) is 5.96. The Kier molecular flexibility index (Phi) is 2.71. The molecule has 0 saturated carbocycles. The van der Waals surface area contributed by atoms with Crippen LogP contribution < -0.4 is 5.56 Å². The van der Waals surface area contributed by atoms with E-state index in [2.05, 4.69) is 15.1 Å². The van der Waals surface area contributed by atoms with Crippen molar-refractivity contribution in [3.63, 3.8) is 0 Å². The molecule has 0 spiro atoms. The van der Waals surface area contributed by atoms with Gasteiger partial charge in [-0.15, -0.1) is 0 Å². The third-order valence-corrected chi connectivity index (χ3v) is 3.27. The first kappa shape index (κ1) is 11.2. The number of rotatable bonds is 3. The predicted octanol–water partition coefficient (Wildman–Crippen LogP) is 0.0337. The maximum absolute atomic E-state index is 11.4. The smallest absolute Gasteiger partial charge is 0.266 e. The highest BCUT2D eigenvalue weighted by Crippen LogP contribution is 2.21. The van der Waals surface area contributed by atoms with Crippen molar-refractivity contribution in [1.82, 2.24) is 24.5 Å². The van der Waals surface area contributed by atoms with Crippen molar-refractivity contribution in [2.24, 2.45) is 7.05 Å². The molecule has 3 heterocycles. The molecule has 1 aliphatic rings. The van der Waals surface area contributed by atoms with Crippen LogP contribution in [0.1, 0.15) is 11.6 Å². The molecule has 1 saturated heterocycles. The van der Waals surface area contributed by atoms with Gasteiger partial charge >= 0.3 is 0 Å². The summed E-state index contributed by atoms with van der Waals surface area (Å²) < 4.78 is 3.32. The lowest BCUT2D eigenvalue weighted by Gasteiger charge is -2.39. The second-order valence-electron chi connectivity index (χ2n) is 4.66. The van der Waals surface area contributed by atoms with Gasteiger partial charge in [-0.05, 0) is 11.6 Å². The van der Waals surface area contributed by atoms with Crippen LogP contribution in [0.4, 0.5) is 0 Å². The van der Waals surface area contributed by atoms with Gasteiger partial charge in [0.25, 0.3) is 5.56 Å². The van der Waals surface area contributed by atoms with E-state index >= 15 is 0 Å². The number of hydrogen-bond donors (Lipinski definition) is 0. The first-order valence-corrected chi connectivity index (χ1v) is 5.96. The van der Waals surface area contributed by atoms with Crippen LogP contribution in [-0.4, -0.2) is 37.6 Å². The van der Waals surface area contributed by atoms with Gasteiger partial charge in [0.15, 0.2) is 0 Å². The molecule has 6 nitrogen and oxygen atoms in total. The fraction of sp³-hybridized carbons (Fsp3) is 0.417. The van der Waals surface area contributed by atoms with Crippen LogP contribution in [0.3, 0.4) is 0 Å². The zero-order chi connectivity index (χ0) is 12.5. The third kappa shape index (κ3) is 2.06. The van der Waals surface area contributed by atoms with Crippen LogP contribution in [0.5, 0.6) is 0 Å². The van der Waals surface area contributed by atoms with Gasteiger partial charge in [-0.3, -0.25) is 14.4 Å². The molecule has 0 radical (unpaired) electrons. The summed E-state index contributed by atoms with van der Waals surface area (Å²) >= 11 is 0. The summed E-state index contributed by atoms with van der Waals surface area (Å²) in [5, 5.41) is 8.25. The highest BCUT2D eigenvalue weighted by atomic mass is 16.1. The Balaban J connectivity index is 1.60. The second-order valence-corrected chi connectivity index (χ2v) is 4.66. The molecule has 2 aromatic heterocycles. The lowest BCUT2D eigenvalue weighted by atomic mass is 10.1. The van der Waals surface area contributed by atoms with Crippen LogP contribution >= 0.6 is 0 Å². The molecular formula is C12H15N5O. The van der Waals surface area contributed by atoms with E-state index in [0.717, 1.165) is 25.2 Å². The van der Waals surface area contributed by atoms with Crippen LogP contribution in [0.15, 0.2) is 35.5 Å². The Bertz CT molecular complexity index is 583. The Morgan fingerprint density at radius 3 is 2.89 bits per heavy atom. The summed E-state index contributed by atoms with van der Waals surface area (Å²) in [5.74, 6) is 0. The van der Waals surface area contributed by atoms with Gasteiger partial charge in [0.05, 0.1) is 12.2 Å². The normalized spacial score (nSPS) is 16.7. The minimum atomic E-state index is -0.0587. The minimum absolute atomic E-state index is 0.0587. The van der Waals surface area contributed by atoms with Gasteiger partial charge in [0.1, 0.15) is 0 Å². The molecule has 0 N–H and O–H groups in total. The number of likely N-dealkylation sites (tertiary alicyclic amines) is 1. The molecule has 1 aliphatic heterocycles. The highest BCUT2D eigenvalue weighted by molar-refractivity contribution is 5.07. The van der Waals surface area contributed by atoms with Gasteiger partial charge in [-0.25, -0.2) is 4.68 Å². The zero-order valence-corrected chi connectivity index (χ0v) is 10.2. The van der Waals surface area contributed by atoms with E-state index in [9.17, 15) is 4.79 Å². The van der Waals surface area contributed by atoms with E-state index in [1.54, 1.807) is 25.5 Å². The Hall–Kier alpha value is -1.95. The van der Waals surface area contributed by atoms with E-state index in [1.165, 1.54) is 4.68 Å². The Labute approximate surface area is 104 Å². The van der Waals surface area contributed by atoms with Crippen molar-refractivity contribution >= 4 is 0 Å². The van der Waals surface area contributed by atoms with Crippen molar-refractivity contribution in [3.8, 4) is 0 Å². The molecule has 0 atom stereocenters. The largest absolute Gasteiger partial charge is 0.295 e. The van der Waals surface area contributed by atoms with E-state index in [4.69, 9.17) is 0 Å². The Morgan fingerprint density at radius 2 is 2.22 bits per heavy atom. The summed E-state index contributed by atoms with van der Waals surface area (Å²) in [6.45, 7) is 2.72. The van der Waals surface area contributed by atoms with Gasteiger partial charge in [0, 0.05) is 45.1 Å².